The van der Waals surface area contributed by atoms with Crippen molar-refractivity contribution in [3.8, 4) is 0 Å². The van der Waals surface area contributed by atoms with E-state index in [0.29, 0.717) is 26.4 Å². The number of ether oxygens (including phenoxy) is 6. The van der Waals surface area contributed by atoms with Crippen LogP contribution in [0.1, 0.15) is 26.2 Å². The standard InChI is InChI=1S/C24H45B3NO15P3S3/c1-3-34-44(29,47)41-17-11-23(26)40-21(17)15-37-46(49,35-9-8-33-7-6-32-5-4-28)43-18-12-24(27)39-20(18)14-36-45(30,48)42-16-10-22(25)38-19(16)13-31-2/h16-24H,3-15,28H2,1-2H3,(H,29,47)(H,30,48). The normalized spacial score (nSPS) is 34.1. The highest BCUT2D eigenvalue weighted by Crippen LogP contribution is 2.55. The summed E-state index contributed by atoms with van der Waals surface area (Å²) in [5.74, 6) is 0. The Kier molecular flexibility index (Phi) is 20.3. The van der Waals surface area contributed by atoms with Gasteiger partial charge < -0.3 is 75.6 Å². The number of nitrogens with two attached hydrogens (primary N) is 1. The minimum Gasteiger partial charge on any atom is -0.382 e. The van der Waals surface area contributed by atoms with Crippen LogP contribution in [0.25, 0.3) is 0 Å². The first-order chi connectivity index (χ1) is 23.2. The third-order valence-electron chi connectivity index (χ3n) is 7.02. The molecule has 25 heteroatoms. The van der Waals surface area contributed by atoms with Gasteiger partial charge in [0.1, 0.15) is 41.9 Å². The Balaban J connectivity index is 1.64. The fraction of sp³-hybridized carbons (Fsp3) is 1.00. The Morgan fingerprint density at radius 1 is 0.653 bits per heavy atom. The lowest BCUT2D eigenvalue weighted by atomic mass is 9.96. The van der Waals surface area contributed by atoms with Gasteiger partial charge in [-0.15, -0.1) is 0 Å². The molecule has 0 amide bonds. The van der Waals surface area contributed by atoms with Gasteiger partial charge in [0.05, 0.1) is 77.8 Å². The van der Waals surface area contributed by atoms with E-state index in [-0.39, 0.29) is 58.9 Å². The van der Waals surface area contributed by atoms with Crippen LogP contribution in [0.3, 0.4) is 0 Å². The van der Waals surface area contributed by atoms with Crippen molar-refractivity contribution in [2.24, 2.45) is 5.73 Å². The molecule has 3 saturated heterocycles. The molecule has 12 unspecified atom stereocenters. The lowest BCUT2D eigenvalue weighted by Crippen LogP contribution is -2.32. The van der Waals surface area contributed by atoms with E-state index in [2.05, 4.69) is 0 Å². The van der Waals surface area contributed by atoms with Crippen LogP contribution in [0, 0.1) is 0 Å². The summed E-state index contributed by atoms with van der Waals surface area (Å²) in [5, 5.41) is 0. The third-order valence-corrected chi connectivity index (χ3v) is 12.7. The van der Waals surface area contributed by atoms with Crippen molar-refractivity contribution in [3.63, 3.8) is 0 Å². The van der Waals surface area contributed by atoms with E-state index < -0.39 is 74.8 Å². The van der Waals surface area contributed by atoms with E-state index in [1.807, 2.05) is 0 Å². The molecule has 12 atom stereocenters. The van der Waals surface area contributed by atoms with Gasteiger partial charge >= 0.3 is 20.2 Å². The summed E-state index contributed by atoms with van der Waals surface area (Å²) >= 11 is 16.1. The molecule has 0 aliphatic carbocycles. The molecule has 0 bridgehead atoms. The first-order valence-corrected chi connectivity index (χ1v) is 23.4. The Labute approximate surface area is 307 Å². The molecule has 0 aromatic heterocycles. The van der Waals surface area contributed by atoms with Gasteiger partial charge in [0, 0.05) is 31.7 Å². The maximum absolute atomic E-state index is 10.8. The highest BCUT2D eigenvalue weighted by atomic mass is 32.5. The predicted molar refractivity (Wildman–Crippen MR) is 191 cm³/mol. The van der Waals surface area contributed by atoms with Crippen molar-refractivity contribution < 1.29 is 69.9 Å². The van der Waals surface area contributed by atoms with Gasteiger partial charge in [-0.25, -0.2) is 0 Å². The van der Waals surface area contributed by atoms with E-state index in [0.717, 1.165) is 0 Å². The Hall–Kier alpha value is 1.50. The first-order valence-electron chi connectivity index (χ1n) is 15.6. The number of hydrogen-bond acceptors (Lipinski definition) is 17. The van der Waals surface area contributed by atoms with Gasteiger partial charge in [0.25, 0.3) is 0 Å². The molecule has 3 aliphatic heterocycles. The SMILES string of the molecule is [B]C1CC(OP(O)(=S)OCC2OC([B])CC2OP(=S)(OCCOCCOCCN)OCC2OC([B])CC2OP(O)(=S)OCC)C(COC)O1. The first kappa shape index (κ1) is 44.9. The van der Waals surface area contributed by atoms with Crippen molar-refractivity contribution in [1.29, 1.82) is 0 Å². The topological polar surface area (TPSA) is 186 Å². The molecule has 6 radical (unpaired) electrons. The van der Waals surface area contributed by atoms with Crippen molar-refractivity contribution in [2.45, 2.75) is 80.8 Å². The summed E-state index contributed by atoms with van der Waals surface area (Å²) < 4.78 is 73.6. The molecular weight excluding hydrogens is 764 g/mol. The highest BCUT2D eigenvalue weighted by molar-refractivity contribution is 8.08. The van der Waals surface area contributed by atoms with Crippen molar-refractivity contribution in [2.75, 3.05) is 73.1 Å². The molecule has 0 aromatic rings. The fourth-order valence-electron chi connectivity index (χ4n) is 4.96. The summed E-state index contributed by atoms with van der Waals surface area (Å²) in [5.41, 5.74) is 5.42. The molecule has 3 aliphatic rings. The van der Waals surface area contributed by atoms with Gasteiger partial charge in [0.2, 0.25) is 0 Å². The Morgan fingerprint density at radius 2 is 1.10 bits per heavy atom. The molecule has 3 fully saturated rings. The Morgan fingerprint density at radius 3 is 1.61 bits per heavy atom. The van der Waals surface area contributed by atoms with Crippen LogP contribution in [0.5, 0.6) is 0 Å². The van der Waals surface area contributed by atoms with Crippen LogP contribution in [-0.2, 0) is 95.5 Å². The second-order valence-corrected chi connectivity index (χ2v) is 19.5. The van der Waals surface area contributed by atoms with Gasteiger partial charge in [-0.2, -0.15) is 0 Å². The number of rotatable bonds is 25. The molecule has 0 saturated carbocycles. The van der Waals surface area contributed by atoms with Crippen LogP contribution < -0.4 is 5.73 Å². The van der Waals surface area contributed by atoms with Gasteiger partial charge in [-0.3, -0.25) is 0 Å². The highest BCUT2D eigenvalue weighted by Gasteiger charge is 2.43. The van der Waals surface area contributed by atoms with Crippen LogP contribution in [-0.4, -0.2) is 161 Å². The maximum atomic E-state index is 10.8. The number of hydrogen-bond donors (Lipinski definition) is 3. The van der Waals surface area contributed by atoms with E-state index in [4.69, 9.17) is 125 Å². The molecule has 0 aromatic carbocycles. The second kappa shape index (κ2) is 22.2. The fourth-order valence-corrected chi connectivity index (χ4v) is 10.1. The summed E-state index contributed by atoms with van der Waals surface area (Å²) in [6.07, 6.45) is -3.66. The van der Waals surface area contributed by atoms with Crippen LogP contribution in [0.2, 0.25) is 0 Å². The largest absolute Gasteiger partial charge is 0.382 e. The zero-order valence-electron chi connectivity index (χ0n) is 27.5. The van der Waals surface area contributed by atoms with E-state index in [1.54, 1.807) is 6.92 Å². The van der Waals surface area contributed by atoms with Gasteiger partial charge in [-0.1, -0.05) is 0 Å². The van der Waals surface area contributed by atoms with Crippen molar-refractivity contribution >= 4 is 79.1 Å². The zero-order chi connectivity index (χ0) is 36.1. The molecule has 49 heavy (non-hydrogen) atoms. The summed E-state index contributed by atoms with van der Waals surface area (Å²) in [7, 11) is 19.5. The maximum Gasteiger partial charge on any atom is 0.327 e. The van der Waals surface area contributed by atoms with Crippen LogP contribution >= 0.6 is 20.2 Å². The minimum atomic E-state index is -3.80. The average molecular weight is 809 g/mol. The molecular formula is C24H45B3NO15P3S3. The quantitative estimate of drug-likeness (QED) is 0.0652. The monoisotopic (exact) mass is 809 g/mol. The predicted octanol–water partition coefficient (Wildman–Crippen LogP) is 0.375. The van der Waals surface area contributed by atoms with E-state index in [1.165, 1.54) is 7.11 Å². The molecule has 4 N–H and O–H groups in total. The smallest absolute Gasteiger partial charge is 0.327 e. The average Bonchev–Trinajstić information content (AvgIpc) is 3.66. The van der Waals surface area contributed by atoms with Crippen molar-refractivity contribution in [1.82, 2.24) is 0 Å². The van der Waals surface area contributed by atoms with Crippen molar-refractivity contribution in [3.05, 3.63) is 0 Å². The van der Waals surface area contributed by atoms with Crippen LogP contribution in [0.15, 0.2) is 0 Å². The molecule has 16 nitrogen and oxygen atoms in total. The van der Waals surface area contributed by atoms with E-state index >= 15 is 0 Å². The third kappa shape index (κ3) is 16.4. The Bertz CT molecular complexity index is 1130. The lowest BCUT2D eigenvalue weighted by Gasteiger charge is -2.30. The summed E-state index contributed by atoms with van der Waals surface area (Å²) in [4.78, 5) is 21.2. The zero-order valence-corrected chi connectivity index (χ0v) is 32.6. The minimum absolute atomic E-state index is 0.00122. The van der Waals surface area contributed by atoms with Crippen LogP contribution in [0.4, 0.5) is 0 Å². The number of methoxy groups -OCH3 is 1. The lowest BCUT2D eigenvalue weighted by molar-refractivity contribution is -0.0284. The molecule has 3 rings (SSSR count). The summed E-state index contributed by atoms with van der Waals surface area (Å²) in [6, 6.07) is -2.08. The van der Waals surface area contributed by atoms with E-state index in [9.17, 15) is 9.79 Å². The molecule has 0 spiro atoms. The molecule has 3 heterocycles. The second-order valence-electron chi connectivity index (χ2n) is 11.0. The summed E-state index contributed by atoms with van der Waals surface area (Å²) in [6.45, 7) is -7.75. The van der Waals surface area contributed by atoms with Gasteiger partial charge in [-0.05, 0) is 61.6 Å². The van der Waals surface area contributed by atoms with Gasteiger partial charge in [0.15, 0.2) is 0 Å². The molecule has 278 valence electrons.